The molecule has 0 fully saturated rings. The van der Waals surface area contributed by atoms with Crippen molar-refractivity contribution in [1.29, 1.82) is 0 Å². The van der Waals surface area contributed by atoms with Gasteiger partial charge >= 0.3 is 0 Å². The summed E-state index contributed by atoms with van der Waals surface area (Å²) in [5.74, 6) is 2.11. The molecular formula is C17H13ClINOS. The van der Waals surface area contributed by atoms with E-state index < -0.39 is 0 Å². The van der Waals surface area contributed by atoms with E-state index in [0.717, 1.165) is 13.6 Å². The van der Waals surface area contributed by atoms with Crippen LogP contribution < -0.4 is 0 Å². The van der Waals surface area contributed by atoms with E-state index in [0.29, 0.717) is 13.1 Å². The molecule has 0 aliphatic carbocycles. The molecule has 0 N–H and O–H groups in total. The van der Waals surface area contributed by atoms with Crippen LogP contribution in [0.3, 0.4) is 0 Å². The van der Waals surface area contributed by atoms with E-state index >= 15 is 0 Å². The monoisotopic (exact) mass is 441 g/mol. The molecule has 0 saturated carbocycles. The van der Waals surface area contributed by atoms with Gasteiger partial charge in [0.15, 0.2) is 0 Å². The third-order valence-electron chi connectivity index (χ3n) is 3.91. The van der Waals surface area contributed by atoms with Crippen molar-refractivity contribution in [1.82, 2.24) is 4.90 Å². The maximum Gasteiger partial charge on any atom is 0.298 e. The van der Waals surface area contributed by atoms with Gasteiger partial charge in [0.25, 0.3) is 5.91 Å². The lowest BCUT2D eigenvalue weighted by Gasteiger charge is -2.32. The van der Waals surface area contributed by atoms with Crippen LogP contribution in [0.1, 0.15) is 27.5 Å². The number of hydrogen-bond acceptors (Lipinski definition) is 2. The van der Waals surface area contributed by atoms with E-state index in [9.17, 15) is 4.79 Å². The summed E-state index contributed by atoms with van der Waals surface area (Å²) in [5, 5.41) is 0. The van der Waals surface area contributed by atoms with Gasteiger partial charge in [-0.15, -0.1) is 17.8 Å². The van der Waals surface area contributed by atoms with Crippen LogP contribution in [-0.4, -0.2) is 17.4 Å². The normalized spacial score (nSPS) is 17.0. The number of alkyl halides is 1. The Morgan fingerprint density at radius 2 is 2.23 bits per heavy atom. The van der Waals surface area contributed by atoms with Gasteiger partial charge in [-0.2, -0.15) is 0 Å². The number of nitrogens with zero attached hydrogens (tertiary/aromatic N) is 1. The van der Waals surface area contributed by atoms with Gasteiger partial charge in [0.2, 0.25) is 0 Å². The number of halogens is 2. The van der Waals surface area contributed by atoms with Gasteiger partial charge in [-0.05, 0) is 28.7 Å². The fraction of sp³-hybridized carbons (Fsp3) is 0.235. The van der Waals surface area contributed by atoms with E-state index in [1.54, 1.807) is 4.90 Å². The van der Waals surface area contributed by atoms with E-state index in [1.807, 2.05) is 18.2 Å². The zero-order valence-electron chi connectivity index (χ0n) is 11.7. The highest BCUT2D eigenvalue weighted by Gasteiger charge is 2.31. The van der Waals surface area contributed by atoms with Gasteiger partial charge in [0, 0.05) is 21.8 Å². The first-order valence-electron chi connectivity index (χ1n) is 6.81. The van der Waals surface area contributed by atoms with E-state index in [1.165, 1.54) is 28.0 Å². The first kappa shape index (κ1) is 15.9. The van der Waals surface area contributed by atoms with E-state index in [-0.39, 0.29) is 11.8 Å². The minimum atomic E-state index is -0.257. The number of benzene rings is 1. The largest absolute Gasteiger partial charge is 0.326 e. The first-order valence-corrected chi connectivity index (χ1v) is 9.53. The number of carbonyl (C=O) groups is 1. The number of terminal acetylenes is 1. The number of fused-ring (bicyclic) bond motifs is 1. The van der Waals surface area contributed by atoms with Gasteiger partial charge in [-0.3, -0.25) is 4.79 Å². The summed E-state index contributed by atoms with van der Waals surface area (Å²) in [4.78, 5) is 14.8. The predicted molar refractivity (Wildman–Crippen MR) is 99.6 cm³/mol. The Balaban J connectivity index is 2.09. The Kier molecular flexibility index (Phi) is 4.76. The summed E-state index contributed by atoms with van der Waals surface area (Å²) in [7, 11) is 0. The van der Waals surface area contributed by atoms with Gasteiger partial charge in [0.1, 0.15) is 0 Å². The molecule has 112 valence electrons. The summed E-state index contributed by atoms with van der Waals surface area (Å²) in [6, 6.07) is 10.4. The second-order valence-corrected chi connectivity index (χ2v) is 7.67. The van der Waals surface area contributed by atoms with Gasteiger partial charge in [-0.1, -0.05) is 58.5 Å². The lowest BCUT2D eigenvalue weighted by atomic mass is 9.86. The molecule has 1 aliphatic heterocycles. The topological polar surface area (TPSA) is 20.3 Å². The van der Waals surface area contributed by atoms with Crippen molar-refractivity contribution in [3.05, 3.63) is 56.2 Å². The van der Waals surface area contributed by atoms with E-state index in [2.05, 4.69) is 40.6 Å². The molecule has 22 heavy (non-hydrogen) atoms. The molecule has 1 aromatic carbocycles. The molecule has 0 spiro atoms. The number of hydrogen-bond donors (Lipinski definition) is 0. The minimum absolute atomic E-state index is 0.135. The third-order valence-corrected chi connectivity index (χ3v) is 6.00. The molecule has 3 rings (SSSR count). The fourth-order valence-electron chi connectivity index (χ4n) is 2.89. The summed E-state index contributed by atoms with van der Waals surface area (Å²) < 4.78 is 1.69. The van der Waals surface area contributed by atoms with Crippen molar-refractivity contribution < 1.29 is 4.79 Å². The number of rotatable bonds is 2. The third kappa shape index (κ3) is 2.90. The number of thiophene rings is 1. The molecule has 1 atom stereocenters. The van der Waals surface area contributed by atoms with E-state index in [4.69, 9.17) is 18.0 Å². The van der Waals surface area contributed by atoms with Crippen molar-refractivity contribution in [3.8, 4) is 12.3 Å². The predicted octanol–water partition coefficient (Wildman–Crippen LogP) is 4.44. The maximum absolute atomic E-state index is 12.0. The molecule has 1 aliphatic rings. The molecule has 1 aromatic heterocycles. The van der Waals surface area contributed by atoms with Crippen LogP contribution >= 0.6 is 45.5 Å². The lowest BCUT2D eigenvalue weighted by molar-refractivity contribution is -0.126. The lowest BCUT2D eigenvalue weighted by Crippen LogP contribution is -2.37. The van der Waals surface area contributed by atoms with Crippen LogP contribution in [0, 0.1) is 12.3 Å². The Hall–Kier alpha value is -1.03. The zero-order valence-corrected chi connectivity index (χ0v) is 15.4. The van der Waals surface area contributed by atoms with Crippen LogP contribution in [0.15, 0.2) is 30.3 Å². The van der Waals surface area contributed by atoms with Crippen molar-refractivity contribution in [2.24, 2.45) is 0 Å². The van der Waals surface area contributed by atoms with Crippen LogP contribution in [0.25, 0.3) is 0 Å². The number of carbonyl (C=O) groups excluding carboxylic acids is 1. The summed E-state index contributed by atoms with van der Waals surface area (Å²) in [5.41, 5.74) is 3.77. The molecule has 0 saturated heterocycles. The number of amides is 1. The Labute approximate surface area is 152 Å². The second kappa shape index (κ2) is 6.61. The second-order valence-electron chi connectivity index (χ2n) is 5.14. The van der Waals surface area contributed by atoms with Crippen molar-refractivity contribution >= 4 is 51.4 Å². The fourth-order valence-corrected chi connectivity index (χ4v) is 4.94. The average Bonchev–Trinajstić information content (AvgIpc) is 2.93. The highest BCUT2D eigenvalue weighted by atomic mass is 127. The minimum Gasteiger partial charge on any atom is -0.326 e. The van der Waals surface area contributed by atoms with Crippen molar-refractivity contribution in [2.75, 3.05) is 6.54 Å². The molecule has 2 nitrogen and oxygen atoms in total. The van der Waals surface area contributed by atoms with Crippen molar-refractivity contribution in [2.45, 2.75) is 16.9 Å². The zero-order chi connectivity index (χ0) is 15.7. The van der Waals surface area contributed by atoms with Crippen LogP contribution in [0.4, 0.5) is 0 Å². The highest BCUT2D eigenvalue weighted by Crippen LogP contribution is 2.41. The summed E-state index contributed by atoms with van der Waals surface area (Å²) in [6.45, 7) is 1.16. The van der Waals surface area contributed by atoms with Crippen LogP contribution in [0.2, 0.25) is 4.34 Å². The van der Waals surface area contributed by atoms with Gasteiger partial charge < -0.3 is 4.90 Å². The first-order chi connectivity index (χ1) is 10.6. The van der Waals surface area contributed by atoms with Crippen molar-refractivity contribution in [3.63, 3.8) is 0 Å². The van der Waals surface area contributed by atoms with Crippen LogP contribution in [-0.2, 0) is 15.8 Å². The summed E-state index contributed by atoms with van der Waals surface area (Å²) >= 11 is 10.1. The molecule has 0 unspecified atom stereocenters. The van der Waals surface area contributed by atoms with Gasteiger partial charge in [0.05, 0.1) is 10.9 Å². The molecule has 5 heteroatoms. The SMILES string of the molecule is C#CC(=O)N1Cc2sc(Cl)cc2[C@H](c2ccccc2CI)C1. The Morgan fingerprint density at radius 3 is 2.95 bits per heavy atom. The molecule has 2 aromatic rings. The molecule has 2 heterocycles. The van der Waals surface area contributed by atoms with Gasteiger partial charge in [-0.25, -0.2) is 0 Å². The Bertz CT molecular complexity index is 764. The smallest absolute Gasteiger partial charge is 0.298 e. The Morgan fingerprint density at radius 1 is 1.45 bits per heavy atom. The summed E-state index contributed by atoms with van der Waals surface area (Å²) in [6.07, 6.45) is 5.30. The van der Waals surface area contributed by atoms with Crippen LogP contribution in [0.5, 0.6) is 0 Å². The molecule has 0 bridgehead atoms. The molecule has 0 radical (unpaired) electrons. The standard InChI is InChI=1S/C17H13ClINOS/c1-2-17(21)20-9-14(12-6-4-3-5-11(12)8-19)13-7-16(18)22-15(13)10-20/h1,3-7,14H,8-10H2/t14-/m0/s1. The quantitative estimate of drug-likeness (QED) is 0.383. The molecular weight excluding hydrogens is 429 g/mol. The maximum atomic E-state index is 12.0. The average molecular weight is 442 g/mol. The highest BCUT2D eigenvalue weighted by molar-refractivity contribution is 14.1. The molecule has 1 amide bonds.